The number of halogens is 1. The second-order valence-electron chi connectivity index (χ2n) is 3.72. The quantitative estimate of drug-likeness (QED) is 0.860. The Bertz CT molecular complexity index is 465. The van der Waals surface area contributed by atoms with Crippen LogP contribution in [0.4, 0.5) is 0 Å². The van der Waals surface area contributed by atoms with E-state index in [1.54, 1.807) is 22.8 Å². The molecule has 2 aromatic rings. The summed E-state index contributed by atoms with van der Waals surface area (Å²) >= 11 is 5.86. The van der Waals surface area contributed by atoms with E-state index in [-0.39, 0.29) is 0 Å². The van der Waals surface area contributed by atoms with Crippen LogP contribution >= 0.6 is 11.6 Å². The molecule has 2 N–H and O–H groups in total. The van der Waals surface area contributed by atoms with E-state index in [1.165, 1.54) is 0 Å². The predicted molar refractivity (Wildman–Crippen MR) is 59.9 cm³/mol. The molecule has 0 aliphatic heterocycles. The molecule has 0 aromatic carbocycles. The van der Waals surface area contributed by atoms with Crippen LogP contribution in [0.5, 0.6) is 0 Å². The third kappa shape index (κ3) is 2.27. The highest BCUT2D eigenvalue weighted by Gasteiger charge is 2.07. The summed E-state index contributed by atoms with van der Waals surface area (Å²) in [6, 6.07) is 3.59. The van der Waals surface area contributed by atoms with Gasteiger partial charge in [-0.2, -0.15) is 5.10 Å². The van der Waals surface area contributed by atoms with Gasteiger partial charge >= 0.3 is 0 Å². The van der Waals surface area contributed by atoms with Crippen molar-refractivity contribution in [3.63, 3.8) is 0 Å². The first-order valence-corrected chi connectivity index (χ1v) is 5.27. The molecule has 2 aromatic heterocycles. The van der Waals surface area contributed by atoms with Crippen LogP contribution in [0.2, 0.25) is 5.02 Å². The maximum atomic E-state index is 5.86. The lowest BCUT2D eigenvalue weighted by Crippen LogP contribution is -2.13. The smallest absolute Gasteiger partial charge is 0.157 e. The van der Waals surface area contributed by atoms with Crippen LogP contribution in [-0.2, 0) is 6.42 Å². The second-order valence-corrected chi connectivity index (χ2v) is 4.16. The van der Waals surface area contributed by atoms with E-state index in [1.807, 2.05) is 0 Å². The molecule has 0 bridgehead atoms. The Kier molecular flexibility index (Phi) is 2.88. The molecule has 15 heavy (non-hydrogen) atoms. The second kappa shape index (κ2) is 4.16. The van der Waals surface area contributed by atoms with Gasteiger partial charge in [0.25, 0.3) is 0 Å². The topological polar surface area (TPSA) is 56.2 Å². The number of pyridine rings is 1. The summed E-state index contributed by atoms with van der Waals surface area (Å²) in [6.45, 7) is 2.73. The molecular formula is C10H13ClN4. The van der Waals surface area contributed by atoms with E-state index in [0.29, 0.717) is 17.5 Å². The Morgan fingerprint density at radius 1 is 1.60 bits per heavy atom. The number of rotatable bonds is 3. The molecule has 80 valence electrons. The van der Waals surface area contributed by atoms with Gasteiger partial charge in [-0.15, -0.1) is 0 Å². The molecule has 1 unspecified atom stereocenters. The Morgan fingerprint density at radius 2 is 2.40 bits per heavy atom. The van der Waals surface area contributed by atoms with Gasteiger partial charge in [0.15, 0.2) is 11.5 Å². The normalized spacial score (nSPS) is 13.3. The summed E-state index contributed by atoms with van der Waals surface area (Å²) in [6.07, 6.45) is 2.61. The highest BCUT2D eigenvalue weighted by atomic mass is 35.5. The van der Waals surface area contributed by atoms with Gasteiger partial charge in [-0.1, -0.05) is 18.5 Å². The monoisotopic (exact) mass is 224 g/mol. The Balaban J connectivity index is 2.30. The van der Waals surface area contributed by atoms with Crippen molar-refractivity contribution in [1.82, 2.24) is 14.6 Å². The van der Waals surface area contributed by atoms with Crippen molar-refractivity contribution in [1.29, 1.82) is 0 Å². The fourth-order valence-corrected chi connectivity index (χ4v) is 1.54. The average Bonchev–Trinajstić information content (AvgIpc) is 2.59. The third-order valence-electron chi connectivity index (χ3n) is 2.28. The first-order chi connectivity index (χ1) is 7.19. The summed E-state index contributed by atoms with van der Waals surface area (Å²) in [5.41, 5.74) is 6.33. The van der Waals surface area contributed by atoms with Crippen molar-refractivity contribution in [2.24, 2.45) is 11.7 Å². The molecule has 0 saturated carbocycles. The molecular weight excluding hydrogens is 212 g/mol. The number of nitrogens with two attached hydrogens (primary N) is 1. The molecule has 0 radical (unpaired) electrons. The number of hydrogen-bond donors (Lipinski definition) is 1. The van der Waals surface area contributed by atoms with Crippen LogP contribution in [0.15, 0.2) is 18.3 Å². The number of nitrogens with zero attached hydrogens (tertiary/aromatic N) is 3. The van der Waals surface area contributed by atoms with Gasteiger partial charge in [-0.25, -0.2) is 9.50 Å². The van der Waals surface area contributed by atoms with E-state index in [9.17, 15) is 0 Å². The molecule has 0 fully saturated rings. The van der Waals surface area contributed by atoms with Crippen molar-refractivity contribution in [2.75, 3.05) is 6.54 Å². The van der Waals surface area contributed by atoms with Crippen molar-refractivity contribution < 1.29 is 0 Å². The standard InChI is InChI=1S/C10H13ClN4/c1-7(6-12)4-9-13-10-5-8(11)2-3-15(10)14-9/h2-3,5,7H,4,6,12H2,1H3. The van der Waals surface area contributed by atoms with Crippen molar-refractivity contribution >= 4 is 17.2 Å². The molecule has 4 nitrogen and oxygen atoms in total. The minimum atomic E-state index is 0.401. The third-order valence-corrected chi connectivity index (χ3v) is 2.51. The van der Waals surface area contributed by atoms with Crippen LogP contribution < -0.4 is 5.73 Å². The molecule has 2 rings (SSSR count). The van der Waals surface area contributed by atoms with Gasteiger partial charge < -0.3 is 5.73 Å². The highest BCUT2D eigenvalue weighted by Crippen LogP contribution is 2.11. The van der Waals surface area contributed by atoms with E-state index in [4.69, 9.17) is 17.3 Å². The summed E-state index contributed by atoms with van der Waals surface area (Å²) in [5.74, 6) is 1.22. The summed E-state index contributed by atoms with van der Waals surface area (Å²) in [7, 11) is 0. The van der Waals surface area contributed by atoms with Crippen LogP contribution in [0.1, 0.15) is 12.7 Å². The van der Waals surface area contributed by atoms with E-state index >= 15 is 0 Å². The molecule has 0 spiro atoms. The largest absolute Gasteiger partial charge is 0.330 e. The number of hydrogen-bond acceptors (Lipinski definition) is 3. The zero-order chi connectivity index (χ0) is 10.8. The molecule has 0 amide bonds. The van der Waals surface area contributed by atoms with E-state index < -0.39 is 0 Å². The van der Waals surface area contributed by atoms with Gasteiger partial charge in [0.2, 0.25) is 0 Å². The lowest BCUT2D eigenvalue weighted by Gasteiger charge is -2.02. The molecule has 5 heteroatoms. The summed E-state index contributed by atoms with van der Waals surface area (Å²) in [4.78, 5) is 4.37. The van der Waals surface area contributed by atoms with Crippen LogP contribution in [0.3, 0.4) is 0 Å². The number of aromatic nitrogens is 3. The summed E-state index contributed by atoms with van der Waals surface area (Å²) in [5, 5.41) is 5.01. The van der Waals surface area contributed by atoms with Crippen LogP contribution in [0, 0.1) is 5.92 Å². The maximum absolute atomic E-state index is 5.86. The minimum absolute atomic E-state index is 0.401. The van der Waals surface area contributed by atoms with E-state index in [0.717, 1.165) is 17.9 Å². The van der Waals surface area contributed by atoms with Gasteiger partial charge in [-0.05, 0) is 18.5 Å². The van der Waals surface area contributed by atoms with Crippen LogP contribution in [-0.4, -0.2) is 21.1 Å². The fourth-order valence-electron chi connectivity index (χ4n) is 1.38. The molecule has 1 atom stereocenters. The first kappa shape index (κ1) is 10.4. The zero-order valence-electron chi connectivity index (χ0n) is 8.52. The van der Waals surface area contributed by atoms with Gasteiger partial charge in [0.1, 0.15) is 0 Å². The Hall–Kier alpha value is -1.13. The lowest BCUT2D eigenvalue weighted by molar-refractivity contribution is 0.573. The Morgan fingerprint density at radius 3 is 3.13 bits per heavy atom. The predicted octanol–water partition coefficient (Wildman–Crippen LogP) is 1.52. The fraction of sp³-hybridized carbons (Fsp3) is 0.400. The van der Waals surface area contributed by atoms with Gasteiger partial charge in [-0.3, -0.25) is 0 Å². The van der Waals surface area contributed by atoms with Crippen LogP contribution in [0.25, 0.3) is 5.65 Å². The van der Waals surface area contributed by atoms with E-state index in [2.05, 4.69) is 17.0 Å². The molecule has 0 aliphatic rings. The van der Waals surface area contributed by atoms with Gasteiger partial charge in [0.05, 0.1) is 0 Å². The van der Waals surface area contributed by atoms with Crippen molar-refractivity contribution in [2.45, 2.75) is 13.3 Å². The SMILES string of the molecule is CC(CN)Cc1nc2cc(Cl)ccn2n1. The Labute approximate surface area is 93.1 Å². The summed E-state index contributed by atoms with van der Waals surface area (Å²) < 4.78 is 1.73. The van der Waals surface area contributed by atoms with Crippen molar-refractivity contribution in [3.8, 4) is 0 Å². The first-order valence-electron chi connectivity index (χ1n) is 4.90. The minimum Gasteiger partial charge on any atom is -0.330 e. The lowest BCUT2D eigenvalue weighted by atomic mass is 10.1. The van der Waals surface area contributed by atoms with Crippen molar-refractivity contribution in [3.05, 3.63) is 29.2 Å². The molecule has 0 saturated heterocycles. The highest BCUT2D eigenvalue weighted by molar-refractivity contribution is 6.30. The molecule has 0 aliphatic carbocycles. The zero-order valence-corrected chi connectivity index (χ0v) is 9.28. The average molecular weight is 225 g/mol. The molecule has 2 heterocycles. The maximum Gasteiger partial charge on any atom is 0.157 e. The van der Waals surface area contributed by atoms with Gasteiger partial charge in [0, 0.05) is 23.7 Å². The number of fused-ring (bicyclic) bond motifs is 1.